The van der Waals surface area contributed by atoms with Gasteiger partial charge in [-0.3, -0.25) is 4.79 Å². The van der Waals surface area contributed by atoms with E-state index in [1.54, 1.807) is 20.3 Å². The van der Waals surface area contributed by atoms with E-state index in [1.165, 1.54) is 6.07 Å². The van der Waals surface area contributed by atoms with Crippen LogP contribution in [0.4, 0.5) is 11.4 Å². The van der Waals surface area contributed by atoms with Gasteiger partial charge in [-0.1, -0.05) is 67.1 Å². The summed E-state index contributed by atoms with van der Waals surface area (Å²) in [5, 5.41) is 11.4. The molecule has 0 saturated carbocycles. The van der Waals surface area contributed by atoms with Gasteiger partial charge in [0.05, 0.1) is 65.0 Å². The van der Waals surface area contributed by atoms with E-state index in [9.17, 15) is 48.8 Å². The monoisotopic (exact) mass is 1090 g/mol. The van der Waals surface area contributed by atoms with Crippen molar-refractivity contribution in [1.82, 2.24) is 0 Å². The number of rotatable bonds is 31. The summed E-state index contributed by atoms with van der Waals surface area (Å²) in [7, 11) is -11.8. The van der Waals surface area contributed by atoms with Gasteiger partial charge in [0.1, 0.15) is 26.8 Å². The average molecular weight is 1100 g/mol. The smallest absolute Gasteiger partial charge is 0.303 e. The van der Waals surface area contributed by atoms with Gasteiger partial charge in [-0.2, -0.15) is 4.58 Å². The molecule has 2 aliphatic rings. The second-order valence-electron chi connectivity index (χ2n) is 18.7. The van der Waals surface area contributed by atoms with Crippen molar-refractivity contribution >= 4 is 75.0 Å². The van der Waals surface area contributed by atoms with Crippen molar-refractivity contribution in [3.8, 4) is 0 Å². The maximum atomic E-state index is 12.7. The van der Waals surface area contributed by atoms with E-state index < -0.39 is 62.7 Å². The third kappa shape index (κ3) is 14.9. The Morgan fingerprint density at radius 2 is 1.33 bits per heavy atom. The Morgan fingerprint density at radius 3 is 2.00 bits per heavy atom. The number of carboxylic acid groups (broad SMARTS) is 1. The van der Waals surface area contributed by atoms with E-state index in [4.69, 9.17) is 23.7 Å². The number of carbonyl (C=O) groups is 1. The first-order valence-corrected chi connectivity index (χ1v) is 29.1. The Kier molecular flexibility index (Phi) is 20.7. The molecule has 0 amide bonds. The second kappa shape index (κ2) is 26.3. The molecule has 2 aliphatic heterocycles. The number of ether oxygens (including phenoxy) is 5. The zero-order valence-corrected chi connectivity index (χ0v) is 45.2. The molecule has 75 heavy (non-hydrogen) atoms. The summed E-state index contributed by atoms with van der Waals surface area (Å²) >= 11 is 0. The van der Waals surface area contributed by atoms with Crippen LogP contribution in [0.2, 0.25) is 0 Å². The van der Waals surface area contributed by atoms with Crippen molar-refractivity contribution in [2.75, 3.05) is 90.8 Å². The van der Waals surface area contributed by atoms with E-state index in [-0.39, 0.29) is 49.9 Å². The molecule has 0 fully saturated rings. The van der Waals surface area contributed by atoms with Crippen LogP contribution < -0.4 is 4.90 Å². The topological polar surface area (TPSA) is 261 Å². The van der Waals surface area contributed by atoms with Crippen LogP contribution in [0.5, 0.6) is 0 Å². The molecule has 1 N–H and O–H groups in total. The predicted molar refractivity (Wildman–Crippen MR) is 282 cm³/mol. The molecule has 2 unspecified atom stereocenters. The SMILES string of the molecule is COCCOCCOCCOCCC1(C)\C(=C/C=C/C=C/C=C/C2=[N+](CCOC)c3ccc4ccccc4c3C2(C)CCCS(=O)(=O)[O-])N(CCCCCC(=O)O)c2ccc3c(S(=O)(=O)[O-])cc(S(=O)(=O)[O-])cc3c21. The van der Waals surface area contributed by atoms with Gasteiger partial charge in [-0.25, -0.2) is 25.3 Å². The predicted octanol–water partition coefficient (Wildman–Crippen LogP) is 7.19. The number of hydrogen-bond donors (Lipinski definition) is 1. The Bertz CT molecular complexity index is 3190. The van der Waals surface area contributed by atoms with Crippen molar-refractivity contribution in [2.24, 2.45) is 0 Å². The lowest BCUT2D eigenvalue weighted by molar-refractivity contribution is -0.441. The van der Waals surface area contributed by atoms with Gasteiger partial charge < -0.3 is 47.3 Å². The van der Waals surface area contributed by atoms with Crippen LogP contribution in [0.3, 0.4) is 0 Å². The average Bonchev–Trinajstić information content (AvgIpc) is 3.73. The molecule has 4 aromatic carbocycles. The van der Waals surface area contributed by atoms with Gasteiger partial charge in [0.25, 0.3) is 0 Å². The highest BCUT2D eigenvalue weighted by atomic mass is 32.2. The number of fused-ring (bicyclic) bond motifs is 6. The molecule has 6 rings (SSSR count). The van der Waals surface area contributed by atoms with Crippen molar-refractivity contribution in [1.29, 1.82) is 0 Å². The fourth-order valence-corrected chi connectivity index (χ4v) is 12.0. The molecule has 0 saturated heterocycles. The molecule has 0 spiro atoms. The van der Waals surface area contributed by atoms with Crippen molar-refractivity contribution < 1.29 is 77.1 Å². The standard InChI is InChI=1S/C54H68N2O16S3/c1-53(25-15-37-73(59,60)61)48(56(28-30-68-3)45-23-21-40-16-12-13-17-42(40)51(45)53)18-9-6-5-7-10-19-49-54(2,26-29-70-33-34-72-36-35-71-32-31-69-4)52-44-38-41(74(62,63)64)39-47(75(65,66)67)43(44)22-24-46(52)55(49)27-14-8-11-20-50(57)58/h5-7,9-10,12-13,16-19,21-24,38-39H,8,11,14-15,20,25-37H2,1-4H3,(H3-,57,58,59,60,61,62,63,64,65,66,67)/p-2. The third-order valence-electron chi connectivity index (χ3n) is 13.6. The molecule has 0 aromatic heterocycles. The summed E-state index contributed by atoms with van der Waals surface area (Å²) < 4.78 is 141. The van der Waals surface area contributed by atoms with Crippen LogP contribution in [0, 0.1) is 0 Å². The van der Waals surface area contributed by atoms with E-state index >= 15 is 0 Å². The number of nitrogens with zero attached hydrogens (tertiary/aromatic N) is 2. The fraction of sp³-hybridized carbons (Fsp3) is 0.444. The van der Waals surface area contributed by atoms with Crippen LogP contribution >= 0.6 is 0 Å². The zero-order chi connectivity index (χ0) is 54.4. The van der Waals surface area contributed by atoms with Gasteiger partial charge in [-0.15, -0.1) is 0 Å². The number of carboxylic acids is 1. The lowest BCUT2D eigenvalue weighted by Gasteiger charge is -2.31. The van der Waals surface area contributed by atoms with E-state index in [0.29, 0.717) is 94.8 Å². The minimum absolute atomic E-state index is 0.0226. The maximum Gasteiger partial charge on any atom is 0.303 e. The minimum Gasteiger partial charge on any atom is -0.748 e. The summed E-state index contributed by atoms with van der Waals surface area (Å²) in [6.07, 6.45) is 15.3. The number of benzene rings is 4. The van der Waals surface area contributed by atoms with E-state index in [2.05, 4.69) is 23.6 Å². The number of methoxy groups -OCH3 is 2. The lowest BCUT2D eigenvalue weighted by atomic mass is 9.74. The van der Waals surface area contributed by atoms with E-state index in [1.807, 2.05) is 78.6 Å². The molecule has 408 valence electrons. The minimum atomic E-state index is -5.29. The number of allylic oxidation sites excluding steroid dienone is 8. The molecule has 18 nitrogen and oxygen atoms in total. The molecule has 2 heterocycles. The van der Waals surface area contributed by atoms with Gasteiger partial charge in [0, 0.05) is 74.1 Å². The summed E-state index contributed by atoms with van der Waals surface area (Å²) in [5.41, 5.74) is 2.90. The summed E-state index contributed by atoms with van der Waals surface area (Å²) in [6, 6.07) is 16.9. The highest BCUT2D eigenvalue weighted by Crippen LogP contribution is 2.54. The first-order chi connectivity index (χ1) is 35.7. The van der Waals surface area contributed by atoms with Crippen LogP contribution in [0.1, 0.15) is 69.9 Å². The largest absolute Gasteiger partial charge is 0.748 e. The lowest BCUT2D eigenvalue weighted by Crippen LogP contribution is -2.32. The summed E-state index contributed by atoms with van der Waals surface area (Å²) in [5.74, 6) is -1.42. The van der Waals surface area contributed by atoms with Crippen molar-refractivity contribution in [2.45, 2.75) is 79.4 Å². The molecule has 0 radical (unpaired) electrons. The normalized spacial score (nSPS) is 18.8. The molecule has 2 atom stereocenters. The Labute approximate surface area is 440 Å². The van der Waals surface area contributed by atoms with Crippen LogP contribution in [0.25, 0.3) is 21.5 Å². The summed E-state index contributed by atoms with van der Waals surface area (Å²) in [4.78, 5) is 11.7. The highest BCUT2D eigenvalue weighted by Gasteiger charge is 2.48. The van der Waals surface area contributed by atoms with Crippen molar-refractivity contribution in [3.05, 3.63) is 120 Å². The van der Waals surface area contributed by atoms with Gasteiger partial charge in [0.2, 0.25) is 5.69 Å². The fourth-order valence-electron chi connectivity index (χ4n) is 10.2. The first-order valence-electron chi connectivity index (χ1n) is 24.7. The Hall–Kier alpha value is -5.17. The maximum absolute atomic E-state index is 12.7. The quantitative estimate of drug-likeness (QED) is 0.0226. The van der Waals surface area contributed by atoms with Gasteiger partial charge >= 0.3 is 5.97 Å². The number of hydrogen-bond acceptors (Lipinski definition) is 16. The molecular weight excluding hydrogens is 1030 g/mol. The molecule has 21 heteroatoms. The van der Waals surface area contributed by atoms with Crippen LogP contribution in [-0.2, 0) is 69.7 Å². The Balaban J connectivity index is 1.38. The second-order valence-corrected chi connectivity index (χ2v) is 23.0. The number of aliphatic carboxylic acids is 1. The van der Waals surface area contributed by atoms with E-state index in [0.717, 1.165) is 33.8 Å². The zero-order valence-electron chi connectivity index (χ0n) is 42.7. The molecular formula is C54H66N2O16S3-2. The first kappa shape index (κ1) is 59.1. The Morgan fingerprint density at radius 1 is 0.667 bits per heavy atom. The molecule has 0 aliphatic carbocycles. The third-order valence-corrected chi connectivity index (χ3v) is 16.1. The summed E-state index contributed by atoms with van der Waals surface area (Å²) in [6.45, 7) is 7.45. The van der Waals surface area contributed by atoms with Crippen LogP contribution in [0.15, 0.2) is 119 Å². The van der Waals surface area contributed by atoms with Gasteiger partial charge in [0.15, 0.2) is 12.3 Å². The van der Waals surface area contributed by atoms with Crippen LogP contribution in [-0.4, -0.2) is 146 Å². The number of unbranched alkanes of at least 4 members (excludes halogenated alkanes) is 2. The molecule has 0 bridgehead atoms. The highest BCUT2D eigenvalue weighted by molar-refractivity contribution is 7.86. The molecule has 4 aromatic rings. The van der Waals surface area contributed by atoms with Crippen molar-refractivity contribution in [3.63, 3.8) is 0 Å². The number of anilines is 1. The van der Waals surface area contributed by atoms with Gasteiger partial charge in [-0.05, 0) is 103 Å².